The summed E-state index contributed by atoms with van der Waals surface area (Å²) < 4.78 is 5.29. The van der Waals surface area contributed by atoms with Gasteiger partial charge < -0.3 is 4.74 Å². The Morgan fingerprint density at radius 2 is 1.30 bits per heavy atom. The van der Waals surface area contributed by atoms with Crippen molar-refractivity contribution in [3.63, 3.8) is 0 Å². The van der Waals surface area contributed by atoms with E-state index in [2.05, 4.69) is 13.8 Å². The maximum atomic E-state index is 11.7. The highest BCUT2D eigenvalue weighted by atomic mass is 16.5. The van der Waals surface area contributed by atoms with Gasteiger partial charge in [-0.3, -0.25) is 4.79 Å². The van der Waals surface area contributed by atoms with Gasteiger partial charge in [0.1, 0.15) is 0 Å². The van der Waals surface area contributed by atoms with Gasteiger partial charge in [-0.2, -0.15) is 0 Å². The summed E-state index contributed by atoms with van der Waals surface area (Å²) in [7, 11) is 0. The molecule has 0 aliphatic carbocycles. The highest BCUT2D eigenvalue weighted by Crippen LogP contribution is 2.14. The maximum absolute atomic E-state index is 11.7. The predicted octanol–water partition coefficient (Wildman–Crippen LogP) is 5.89. The average molecular weight is 284 g/mol. The molecule has 0 aromatic heterocycles. The molecule has 0 radical (unpaired) electrons. The number of carbonyl (C=O) groups excluding carboxylic acids is 1. The van der Waals surface area contributed by atoms with Gasteiger partial charge in [0.05, 0.1) is 12.5 Å². The summed E-state index contributed by atoms with van der Waals surface area (Å²) >= 11 is 0. The topological polar surface area (TPSA) is 26.3 Å². The molecule has 0 aromatic rings. The molecule has 0 rings (SSSR count). The van der Waals surface area contributed by atoms with Gasteiger partial charge in [0, 0.05) is 0 Å². The second-order valence-corrected chi connectivity index (χ2v) is 6.04. The van der Waals surface area contributed by atoms with Gasteiger partial charge >= 0.3 is 5.97 Å². The normalized spacial score (nSPS) is 12.3. The van der Waals surface area contributed by atoms with E-state index >= 15 is 0 Å². The Labute approximate surface area is 126 Å². The first kappa shape index (κ1) is 19.5. The Morgan fingerprint density at radius 1 is 0.800 bits per heavy atom. The van der Waals surface area contributed by atoms with Crippen molar-refractivity contribution < 1.29 is 9.53 Å². The van der Waals surface area contributed by atoms with E-state index in [1.54, 1.807) is 0 Å². The minimum Gasteiger partial charge on any atom is -0.465 e. The largest absolute Gasteiger partial charge is 0.465 e. The molecular weight excluding hydrogens is 248 g/mol. The quantitative estimate of drug-likeness (QED) is 0.294. The molecule has 1 atom stereocenters. The molecule has 0 saturated carbocycles. The van der Waals surface area contributed by atoms with E-state index in [0.29, 0.717) is 6.61 Å². The first-order valence-electron chi connectivity index (χ1n) is 8.89. The first-order valence-corrected chi connectivity index (χ1v) is 8.89. The van der Waals surface area contributed by atoms with Crippen LogP contribution < -0.4 is 0 Å². The molecule has 0 bridgehead atoms. The van der Waals surface area contributed by atoms with Crippen LogP contribution in [0.3, 0.4) is 0 Å². The number of rotatable bonds is 14. The van der Waals surface area contributed by atoms with E-state index in [1.165, 1.54) is 57.8 Å². The SMILES string of the molecule is CCCCCCCCCCC(C)C(=O)OCCCCC. The van der Waals surface area contributed by atoms with E-state index in [9.17, 15) is 4.79 Å². The third-order valence-corrected chi connectivity index (χ3v) is 3.89. The lowest BCUT2D eigenvalue weighted by atomic mass is 10.0. The van der Waals surface area contributed by atoms with Crippen LogP contribution in [0.4, 0.5) is 0 Å². The number of ether oxygens (including phenoxy) is 1. The third kappa shape index (κ3) is 12.5. The average Bonchev–Trinajstić information content (AvgIpc) is 2.46. The van der Waals surface area contributed by atoms with Crippen molar-refractivity contribution in [3.05, 3.63) is 0 Å². The van der Waals surface area contributed by atoms with E-state index in [-0.39, 0.29) is 11.9 Å². The van der Waals surface area contributed by atoms with Gasteiger partial charge in [0.2, 0.25) is 0 Å². The highest BCUT2D eigenvalue weighted by molar-refractivity contribution is 5.71. The van der Waals surface area contributed by atoms with Gasteiger partial charge in [-0.25, -0.2) is 0 Å². The Balaban J connectivity index is 3.34. The fourth-order valence-electron chi connectivity index (χ4n) is 2.37. The zero-order chi connectivity index (χ0) is 15.1. The number of esters is 1. The van der Waals surface area contributed by atoms with E-state index < -0.39 is 0 Å². The third-order valence-electron chi connectivity index (χ3n) is 3.89. The monoisotopic (exact) mass is 284 g/mol. The van der Waals surface area contributed by atoms with Crippen LogP contribution in [0.1, 0.15) is 97.8 Å². The molecule has 0 amide bonds. The van der Waals surface area contributed by atoms with Crippen molar-refractivity contribution in [3.8, 4) is 0 Å². The number of unbranched alkanes of at least 4 members (excludes halogenated alkanes) is 9. The maximum Gasteiger partial charge on any atom is 0.308 e. The summed E-state index contributed by atoms with van der Waals surface area (Å²) in [6.07, 6.45) is 14.9. The molecule has 0 aliphatic heterocycles. The van der Waals surface area contributed by atoms with E-state index in [0.717, 1.165) is 19.3 Å². The lowest BCUT2D eigenvalue weighted by molar-refractivity contribution is -0.148. The predicted molar refractivity (Wildman–Crippen MR) is 86.9 cm³/mol. The van der Waals surface area contributed by atoms with E-state index in [4.69, 9.17) is 4.74 Å². The van der Waals surface area contributed by atoms with Gasteiger partial charge in [0.25, 0.3) is 0 Å². The summed E-state index contributed by atoms with van der Waals surface area (Å²) in [5.41, 5.74) is 0. The van der Waals surface area contributed by atoms with Gasteiger partial charge in [0.15, 0.2) is 0 Å². The Morgan fingerprint density at radius 3 is 1.90 bits per heavy atom. The summed E-state index contributed by atoms with van der Waals surface area (Å²) in [6.45, 7) is 7.02. The van der Waals surface area contributed by atoms with Crippen LogP contribution in [-0.2, 0) is 9.53 Å². The number of hydrogen-bond acceptors (Lipinski definition) is 2. The van der Waals surface area contributed by atoms with Crippen LogP contribution in [0.5, 0.6) is 0 Å². The van der Waals surface area contributed by atoms with Crippen LogP contribution in [-0.4, -0.2) is 12.6 Å². The van der Waals surface area contributed by atoms with Gasteiger partial charge in [-0.15, -0.1) is 0 Å². The smallest absolute Gasteiger partial charge is 0.308 e. The fraction of sp³-hybridized carbons (Fsp3) is 0.944. The number of carbonyl (C=O) groups is 1. The molecular formula is C18H36O2. The molecule has 0 heterocycles. The Kier molecular flexibility index (Phi) is 14.5. The molecule has 0 fully saturated rings. The lowest BCUT2D eigenvalue weighted by Gasteiger charge is -2.11. The zero-order valence-corrected chi connectivity index (χ0v) is 14.1. The molecule has 120 valence electrons. The molecule has 0 aromatic carbocycles. The molecule has 0 saturated heterocycles. The standard InChI is InChI=1S/C18H36O2/c1-4-6-8-9-10-11-12-13-15-17(3)18(19)20-16-14-7-5-2/h17H,4-16H2,1-3H3. The molecule has 20 heavy (non-hydrogen) atoms. The molecule has 2 heteroatoms. The van der Waals surface area contributed by atoms with Crippen LogP contribution in [0.2, 0.25) is 0 Å². The summed E-state index contributed by atoms with van der Waals surface area (Å²) in [5.74, 6) is 0.0840. The lowest BCUT2D eigenvalue weighted by Crippen LogP contribution is -2.15. The molecule has 0 N–H and O–H groups in total. The van der Waals surface area contributed by atoms with Crippen LogP contribution >= 0.6 is 0 Å². The Hall–Kier alpha value is -0.530. The van der Waals surface area contributed by atoms with Crippen molar-refractivity contribution in [2.75, 3.05) is 6.61 Å². The highest BCUT2D eigenvalue weighted by Gasteiger charge is 2.13. The van der Waals surface area contributed by atoms with Gasteiger partial charge in [-0.05, 0) is 12.8 Å². The van der Waals surface area contributed by atoms with Crippen LogP contribution in [0.15, 0.2) is 0 Å². The summed E-state index contributed by atoms with van der Waals surface area (Å²) in [4.78, 5) is 11.7. The molecule has 0 spiro atoms. The molecule has 2 nitrogen and oxygen atoms in total. The minimum absolute atomic E-state index is 0.00375. The van der Waals surface area contributed by atoms with Gasteiger partial charge in [-0.1, -0.05) is 85.0 Å². The second kappa shape index (κ2) is 14.9. The zero-order valence-electron chi connectivity index (χ0n) is 14.1. The fourth-order valence-corrected chi connectivity index (χ4v) is 2.37. The van der Waals surface area contributed by atoms with Crippen molar-refractivity contribution in [2.24, 2.45) is 5.92 Å². The van der Waals surface area contributed by atoms with Crippen molar-refractivity contribution in [2.45, 2.75) is 97.8 Å². The Bertz CT molecular complexity index is 213. The van der Waals surface area contributed by atoms with Crippen molar-refractivity contribution in [1.82, 2.24) is 0 Å². The summed E-state index contributed by atoms with van der Waals surface area (Å²) in [5, 5.41) is 0. The minimum atomic E-state index is 0.00375. The number of hydrogen-bond donors (Lipinski definition) is 0. The van der Waals surface area contributed by atoms with Crippen molar-refractivity contribution in [1.29, 1.82) is 0 Å². The van der Waals surface area contributed by atoms with Crippen LogP contribution in [0.25, 0.3) is 0 Å². The first-order chi connectivity index (χ1) is 9.72. The van der Waals surface area contributed by atoms with E-state index in [1.807, 2.05) is 6.92 Å². The second-order valence-electron chi connectivity index (χ2n) is 6.04. The summed E-state index contributed by atoms with van der Waals surface area (Å²) in [6, 6.07) is 0. The van der Waals surface area contributed by atoms with Crippen LogP contribution in [0, 0.1) is 5.92 Å². The molecule has 1 unspecified atom stereocenters. The molecule has 0 aliphatic rings. The van der Waals surface area contributed by atoms with Crippen molar-refractivity contribution >= 4 is 5.97 Å².